The van der Waals surface area contributed by atoms with E-state index in [9.17, 15) is 9.59 Å². The second kappa shape index (κ2) is 7.73. The van der Waals surface area contributed by atoms with E-state index in [1.807, 2.05) is 68.1 Å². The van der Waals surface area contributed by atoms with Crippen LogP contribution >= 0.6 is 0 Å². The standard InChI is InChI=1S/C22H26N2O2/c1-4-23(14-18-8-6-5-7-9-18)22(26)19-13-21(25)24(15-19)20-11-10-16(2)12-17(20)3/h5-12,19H,4,13-15H2,1-3H3. The van der Waals surface area contributed by atoms with Gasteiger partial charge in [-0.15, -0.1) is 0 Å². The van der Waals surface area contributed by atoms with Crippen LogP contribution in [0.15, 0.2) is 48.5 Å². The van der Waals surface area contributed by atoms with Crippen molar-refractivity contribution < 1.29 is 9.59 Å². The molecule has 0 aromatic heterocycles. The molecule has 4 nitrogen and oxygen atoms in total. The molecular formula is C22H26N2O2. The van der Waals surface area contributed by atoms with Crippen LogP contribution in [0.2, 0.25) is 0 Å². The lowest BCUT2D eigenvalue weighted by Gasteiger charge is -2.25. The first kappa shape index (κ1) is 18.2. The van der Waals surface area contributed by atoms with Crippen LogP contribution in [0.3, 0.4) is 0 Å². The summed E-state index contributed by atoms with van der Waals surface area (Å²) >= 11 is 0. The van der Waals surface area contributed by atoms with Crippen molar-refractivity contribution in [3.63, 3.8) is 0 Å². The average molecular weight is 350 g/mol. The van der Waals surface area contributed by atoms with Crippen LogP contribution in [-0.4, -0.2) is 29.8 Å². The molecular weight excluding hydrogens is 324 g/mol. The molecule has 0 N–H and O–H groups in total. The van der Waals surface area contributed by atoms with Crippen molar-refractivity contribution in [3.05, 3.63) is 65.2 Å². The molecule has 1 fully saturated rings. The summed E-state index contributed by atoms with van der Waals surface area (Å²) < 4.78 is 0. The summed E-state index contributed by atoms with van der Waals surface area (Å²) in [6.45, 7) is 7.73. The minimum Gasteiger partial charge on any atom is -0.338 e. The van der Waals surface area contributed by atoms with Crippen LogP contribution in [0.1, 0.15) is 30.0 Å². The van der Waals surface area contributed by atoms with Gasteiger partial charge in [0.05, 0.1) is 5.92 Å². The number of hydrogen-bond donors (Lipinski definition) is 0. The SMILES string of the molecule is CCN(Cc1ccccc1)C(=O)C1CC(=O)N(c2ccc(C)cc2C)C1. The Morgan fingerprint density at radius 3 is 2.54 bits per heavy atom. The van der Waals surface area contributed by atoms with E-state index in [2.05, 4.69) is 6.07 Å². The normalized spacial score (nSPS) is 16.8. The molecule has 0 spiro atoms. The molecule has 1 aliphatic heterocycles. The smallest absolute Gasteiger partial charge is 0.228 e. The monoisotopic (exact) mass is 350 g/mol. The Hall–Kier alpha value is -2.62. The van der Waals surface area contributed by atoms with Gasteiger partial charge in [0.25, 0.3) is 0 Å². The third-order valence-corrected chi connectivity index (χ3v) is 5.03. The Morgan fingerprint density at radius 2 is 1.88 bits per heavy atom. The van der Waals surface area contributed by atoms with Crippen molar-refractivity contribution in [3.8, 4) is 0 Å². The highest BCUT2D eigenvalue weighted by Crippen LogP contribution is 2.29. The number of carbonyl (C=O) groups is 2. The number of rotatable bonds is 5. The number of carbonyl (C=O) groups excluding carboxylic acids is 2. The number of amides is 2. The van der Waals surface area contributed by atoms with E-state index < -0.39 is 0 Å². The molecule has 26 heavy (non-hydrogen) atoms. The highest BCUT2D eigenvalue weighted by atomic mass is 16.2. The first-order chi connectivity index (χ1) is 12.5. The van der Waals surface area contributed by atoms with E-state index >= 15 is 0 Å². The van der Waals surface area contributed by atoms with Gasteiger partial charge in [0.2, 0.25) is 11.8 Å². The molecule has 0 aliphatic carbocycles. The van der Waals surface area contributed by atoms with Gasteiger partial charge in [-0.3, -0.25) is 9.59 Å². The van der Waals surface area contributed by atoms with E-state index in [1.165, 1.54) is 5.56 Å². The summed E-state index contributed by atoms with van der Waals surface area (Å²) in [5.41, 5.74) is 4.27. The molecule has 2 aromatic carbocycles. The first-order valence-corrected chi connectivity index (χ1v) is 9.20. The second-order valence-corrected chi connectivity index (χ2v) is 7.03. The van der Waals surface area contributed by atoms with Crippen LogP contribution in [0.25, 0.3) is 0 Å². The summed E-state index contributed by atoms with van der Waals surface area (Å²) in [5, 5.41) is 0. The third kappa shape index (κ3) is 3.79. The zero-order valence-electron chi connectivity index (χ0n) is 15.7. The number of anilines is 1. The van der Waals surface area contributed by atoms with Gasteiger partial charge in [0, 0.05) is 31.7 Å². The zero-order valence-corrected chi connectivity index (χ0v) is 15.7. The van der Waals surface area contributed by atoms with Gasteiger partial charge in [0.1, 0.15) is 0 Å². The number of nitrogens with zero attached hydrogens (tertiary/aromatic N) is 2. The maximum atomic E-state index is 13.0. The van der Waals surface area contributed by atoms with Crippen LogP contribution in [0.4, 0.5) is 5.69 Å². The fourth-order valence-corrected chi connectivity index (χ4v) is 3.62. The lowest BCUT2D eigenvalue weighted by Crippen LogP contribution is -2.37. The van der Waals surface area contributed by atoms with Crippen molar-refractivity contribution in [2.75, 3.05) is 18.0 Å². The van der Waals surface area contributed by atoms with Gasteiger partial charge in [-0.05, 0) is 38.0 Å². The molecule has 0 saturated carbocycles. The Morgan fingerprint density at radius 1 is 1.15 bits per heavy atom. The topological polar surface area (TPSA) is 40.6 Å². The van der Waals surface area contributed by atoms with Crippen molar-refractivity contribution in [1.29, 1.82) is 0 Å². The largest absolute Gasteiger partial charge is 0.338 e. The quantitative estimate of drug-likeness (QED) is 0.825. The van der Waals surface area contributed by atoms with E-state index in [-0.39, 0.29) is 24.2 Å². The van der Waals surface area contributed by atoms with Gasteiger partial charge < -0.3 is 9.80 Å². The van der Waals surface area contributed by atoms with Gasteiger partial charge in [-0.25, -0.2) is 0 Å². The van der Waals surface area contributed by atoms with E-state index in [1.54, 1.807) is 4.90 Å². The third-order valence-electron chi connectivity index (χ3n) is 5.03. The molecule has 4 heteroatoms. The molecule has 1 aliphatic rings. The van der Waals surface area contributed by atoms with Crippen LogP contribution in [-0.2, 0) is 16.1 Å². The minimum atomic E-state index is -0.271. The van der Waals surface area contributed by atoms with Gasteiger partial charge >= 0.3 is 0 Å². The maximum absolute atomic E-state index is 13.0. The van der Waals surface area contributed by atoms with E-state index in [4.69, 9.17) is 0 Å². The summed E-state index contributed by atoms with van der Waals surface area (Å²) in [6, 6.07) is 16.1. The van der Waals surface area contributed by atoms with E-state index in [0.29, 0.717) is 19.6 Å². The fraction of sp³-hybridized carbons (Fsp3) is 0.364. The molecule has 0 bridgehead atoms. The average Bonchev–Trinajstić information content (AvgIpc) is 3.01. The Labute approximate surface area is 155 Å². The molecule has 2 aromatic rings. The summed E-state index contributed by atoms with van der Waals surface area (Å²) in [5.74, 6) is -0.171. The van der Waals surface area contributed by atoms with Gasteiger partial charge in [-0.2, -0.15) is 0 Å². The summed E-state index contributed by atoms with van der Waals surface area (Å²) in [6.07, 6.45) is 0.289. The van der Waals surface area contributed by atoms with Crippen molar-refractivity contribution in [2.45, 2.75) is 33.7 Å². The second-order valence-electron chi connectivity index (χ2n) is 7.03. The Balaban J connectivity index is 1.73. The van der Waals surface area contributed by atoms with Crippen molar-refractivity contribution in [1.82, 2.24) is 4.90 Å². The fourth-order valence-electron chi connectivity index (χ4n) is 3.62. The van der Waals surface area contributed by atoms with E-state index in [0.717, 1.165) is 16.8 Å². The molecule has 2 amide bonds. The first-order valence-electron chi connectivity index (χ1n) is 9.20. The van der Waals surface area contributed by atoms with Crippen LogP contribution < -0.4 is 4.90 Å². The van der Waals surface area contributed by atoms with Gasteiger partial charge in [-0.1, -0.05) is 48.0 Å². The van der Waals surface area contributed by atoms with Crippen molar-refractivity contribution in [2.24, 2.45) is 5.92 Å². The van der Waals surface area contributed by atoms with Gasteiger partial charge in [0.15, 0.2) is 0 Å². The van der Waals surface area contributed by atoms with Crippen molar-refractivity contribution >= 4 is 17.5 Å². The maximum Gasteiger partial charge on any atom is 0.228 e. The summed E-state index contributed by atoms with van der Waals surface area (Å²) in [4.78, 5) is 29.2. The Bertz CT molecular complexity index is 801. The molecule has 0 radical (unpaired) electrons. The predicted molar refractivity (Wildman–Crippen MR) is 104 cm³/mol. The highest BCUT2D eigenvalue weighted by Gasteiger charge is 2.37. The molecule has 1 unspecified atom stereocenters. The number of benzene rings is 2. The molecule has 1 saturated heterocycles. The minimum absolute atomic E-state index is 0.0334. The molecule has 1 atom stereocenters. The Kier molecular flexibility index (Phi) is 5.40. The predicted octanol–water partition coefficient (Wildman–Crippen LogP) is 3.71. The van der Waals surface area contributed by atoms with Crippen LogP contribution in [0, 0.1) is 19.8 Å². The molecule has 3 rings (SSSR count). The lowest BCUT2D eigenvalue weighted by atomic mass is 10.1. The molecule has 136 valence electrons. The lowest BCUT2D eigenvalue weighted by molar-refractivity contribution is -0.136. The zero-order chi connectivity index (χ0) is 18.7. The number of hydrogen-bond acceptors (Lipinski definition) is 2. The van der Waals surface area contributed by atoms with Crippen LogP contribution in [0.5, 0.6) is 0 Å². The summed E-state index contributed by atoms with van der Waals surface area (Å²) in [7, 11) is 0. The highest BCUT2D eigenvalue weighted by molar-refractivity contribution is 6.00. The molecule has 1 heterocycles. The number of aryl methyl sites for hydroxylation is 2.